The molecule has 0 saturated heterocycles. The van der Waals surface area contributed by atoms with Gasteiger partial charge < -0.3 is 4.55 Å². The van der Waals surface area contributed by atoms with Crippen LogP contribution in [0.4, 0.5) is 0 Å². The van der Waals surface area contributed by atoms with E-state index >= 15 is 0 Å². The molecule has 0 N–H and O–H groups in total. The number of hydrogen-bond donors (Lipinski definition) is 0. The van der Waals surface area contributed by atoms with E-state index in [0.29, 0.717) is 0 Å². The molecule has 0 aromatic heterocycles. The highest BCUT2D eigenvalue weighted by Gasteiger charge is 2.04. The summed E-state index contributed by atoms with van der Waals surface area (Å²) in [6, 6.07) is 4.55. The van der Waals surface area contributed by atoms with Gasteiger partial charge >= 0.3 is 0 Å². The molecule has 15 heavy (non-hydrogen) atoms. The Bertz CT molecular complexity index is 435. The molecule has 0 aliphatic rings. The van der Waals surface area contributed by atoms with Gasteiger partial charge in [-0.1, -0.05) is 19.4 Å². The molecule has 3 nitrogen and oxygen atoms in total. The molecule has 0 unspecified atom stereocenters. The summed E-state index contributed by atoms with van der Waals surface area (Å²) in [5.41, 5.74) is 1.99. The van der Waals surface area contributed by atoms with E-state index in [4.69, 9.17) is 0 Å². The lowest BCUT2D eigenvalue weighted by Gasteiger charge is -2.11. The second-order valence-electron chi connectivity index (χ2n) is 3.65. The fraction of sp³-hybridized carbons (Fsp3) is 0.455. The molecule has 0 fully saturated rings. The van der Waals surface area contributed by atoms with Crippen LogP contribution in [0.2, 0.25) is 0 Å². The molecule has 0 aliphatic heterocycles. The summed E-state index contributed by atoms with van der Waals surface area (Å²) in [5, 5.41) is 0. The van der Waals surface area contributed by atoms with Crippen LogP contribution >= 0.6 is 0 Å². The van der Waals surface area contributed by atoms with Gasteiger partial charge in [-0.15, -0.1) is 0 Å². The highest BCUT2D eigenvalue weighted by atomic mass is 32.2. The van der Waals surface area contributed by atoms with Crippen LogP contribution in [0, 0.1) is 6.92 Å². The standard InChI is InChI=1S/C11H16O3S/c1-3-4-5-10-8-11(15(12,13)14)7-6-9(10)2/h6-8H,3-5H2,1-2H3,(H,12,13,14)/p-1. The Morgan fingerprint density at radius 1 is 1.33 bits per heavy atom. The first kappa shape index (κ1) is 12.2. The van der Waals surface area contributed by atoms with Crippen molar-refractivity contribution >= 4 is 10.1 Å². The molecular formula is C11H15O3S-. The third kappa shape index (κ3) is 3.32. The smallest absolute Gasteiger partial charge is 0.124 e. The molecule has 84 valence electrons. The van der Waals surface area contributed by atoms with Crippen molar-refractivity contribution in [3.05, 3.63) is 29.3 Å². The third-order valence-corrected chi connectivity index (χ3v) is 3.24. The summed E-state index contributed by atoms with van der Waals surface area (Å²) in [4.78, 5) is -0.126. The summed E-state index contributed by atoms with van der Waals surface area (Å²) < 4.78 is 32.4. The van der Waals surface area contributed by atoms with Gasteiger partial charge in [0.2, 0.25) is 0 Å². The lowest BCUT2D eigenvalue weighted by Crippen LogP contribution is -2.00. The molecule has 0 heterocycles. The van der Waals surface area contributed by atoms with Crippen molar-refractivity contribution in [2.24, 2.45) is 0 Å². The average molecular weight is 227 g/mol. The lowest BCUT2D eigenvalue weighted by atomic mass is 10.0. The minimum absolute atomic E-state index is 0.126. The van der Waals surface area contributed by atoms with Crippen LogP contribution in [0.3, 0.4) is 0 Å². The molecule has 4 heteroatoms. The van der Waals surface area contributed by atoms with Gasteiger partial charge in [-0.25, -0.2) is 8.42 Å². The topological polar surface area (TPSA) is 57.2 Å². The minimum atomic E-state index is -4.32. The van der Waals surface area contributed by atoms with E-state index in [1.807, 2.05) is 6.92 Å². The van der Waals surface area contributed by atoms with Crippen LogP contribution in [0.1, 0.15) is 30.9 Å². The molecular weight excluding hydrogens is 212 g/mol. The van der Waals surface area contributed by atoms with Gasteiger partial charge in [-0.2, -0.15) is 0 Å². The summed E-state index contributed by atoms with van der Waals surface area (Å²) in [5.74, 6) is 0. The second-order valence-corrected chi connectivity index (χ2v) is 5.03. The molecule has 0 spiro atoms. The van der Waals surface area contributed by atoms with E-state index in [1.54, 1.807) is 6.07 Å². The number of benzene rings is 1. The van der Waals surface area contributed by atoms with Gasteiger partial charge in [0.25, 0.3) is 0 Å². The van der Waals surface area contributed by atoms with Crippen LogP contribution in [0.5, 0.6) is 0 Å². The summed E-state index contributed by atoms with van der Waals surface area (Å²) in [6.45, 7) is 4.00. The van der Waals surface area contributed by atoms with E-state index in [-0.39, 0.29) is 4.90 Å². The van der Waals surface area contributed by atoms with Crippen molar-refractivity contribution in [3.63, 3.8) is 0 Å². The molecule has 0 saturated carbocycles. The zero-order chi connectivity index (χ0) is 11.5. The van der Waals surface area contributed by atoms with Gasteiger partial charge in [0.1, 0.15) is 10.1 Å². The monoisotopic (exact) mass is 227 g/mol. The quantitative estimate of drug-likeness (QED) is 0.741. The molecule has 0 atom stereocenters. The normalized spacial score (nSPS) is 11.7. The molecule has 0 bridgehead atoms. The summed E-state index contributed by atoms with van der Waals surface area (Å²) >= 11 is 0. The van der Waals surface area contributed by atoms with Crippen LogP contribution < -0.4 is 0 Å². The van der Waals surface area contributed by atoms with Crippen molar-refractivity contribution in [1.82, 2.24) is 0 Å². The Morgan fingerprint density at radius 2 is 2.00 bits per heavy atom. The molecule has 0 aliphatic carbocycles. The predicted molar refractivity (Wildman–Crippen MR) is 57.8 cm³/mol. The fourth-order valence-electron chi connectivity index (χ4n) is 1.44. The van der Waals surface area contributed by atoms with Crippen molar-refractivity contribution < 1.29 is 13.0 Å². The highest BCUT2D eigenvalue weighted by Crippen LogP contribution is 2.17. The summed E-state index contributed by atoms with van der Waals surface area (Å²) in [7, 11) is -4.32. The van der Waals surface area contributed by atoms with Crippen molar-refractivity contribution in [3.8, 4) is 0 Å². The first-order valence-electron chi connectivity index (χ1n) is 5.00. The first-order chi connectivity index (χ1) is 6.95. The van der Waals surface area contributed by atoms with Crippen molar-refractivity contribution in [1.29, 1.82) is 0 Å². The van der Waals surface area contributed by atoms with Crippen LogP contribution in [0.15, 0.2) is 23.1 Å². The van der Waals surface area contributed by atoms with Crippen LogP contribution in [-0.4, -0.2) is 13.0 Å². The lowest BCUT2D eigenvalue weighted by molar-refractivity contribution is 0.463. The van der Waals surface area contributed by atoms with Crippen molar-refractivity contribution in [2.75, 3.05) is 0 Å². The van der Waals surface area contributed by atoms with E-state index in [1.165, 1.54) is 12.1 Å². The molecule has 0 amide bonds. The Hall–Kier alpha value is -0.870. The minimum Gasteiger partial charge on any atom is -0.744 e. The second kappa shape index (κ2) is 4.77. The Labute approximate surface area is 90.9 Å². The van der Waals surface area contributed by atoms with Crippen LogP contribution in [-0.2, 0) is 16.5 Å². The van der Waals surface area contributed by atoms with Gasteiger partial charge in [0.15, 0.2) is 0 Å². The van der Waals surface area contributed by atoms with E-state index in [9.17, 15) is 13.0 Å². The fourth-order valence-corrected chi connectivity index (χ4v) is 1.96. The zero-order valence-corrected chi connectivity index (χ0v) is 9.80. The molecule has 0 radical (unpaired) electrons. The van der Waals surface area contributed by atoms with Crippen molar-refractivity contribution in [2.45, 2.75) is 38.0 Å². The van der Waals surface area contributed by atoms with Gasteiger partial charge in [0.05, 0.1) is 4.90 Å². The maximum atomic E-state index is 10.8. The summed E-state index contributed by atoms with van der Waals surface area (Å²) in [6.07, 6.45) is 2.88. The van der Waals surface area contributed by atoms with E-state index in [2.05, 4.69) is 6.92 Å². The van der Waals surface area contributed by atoms with E-state index in [0.717, 1.165) is 30.4 Å². The molecule has 1 aromatic rings. The van der Waals surface area contributed by atoms with E-state index < -0.39 is 10.1 Å². The third-order valence-electron chi connectivity index (χ3n) is 2.41. The van der Waals surface area contributed by atoms with Gasteiger partial charge in [-0.3, -0.25) is 0 Å². The first-order valence-corrected chi connectivity index (χ1v) is 6.41. The highest BCUT2D eigenvalue weighted by molar-refractivity contribution is 7.85. The Balaban J connectivity index is 3.06. The average Bonchev–Trinajstić information content (AvgIpc) is 2.15. The Morgan fingerprint density at radius 3 is 2.53 bits per heavy atom. The number of aryl methyl sites for hydroxylation is 2. The van der Waals surface area contributed by atoms with Crippen LogP contribution in [0.25, 0.3) is 0 Å². The maximum Gasteiger partial charge on any atom is 0.124 e. The van der Waals surface area contributed by atoms with Gasteiger partial charge in [-0.05, 0) is 43.0 Å². The number of unbranched alkanes of at least 4 members (excludes halogenated alkanes) is 1. The molecule has 1 aromatic carbocycles. The number of rotatable bonds is 4. The Kier molecular flexibility index (Phi) is 3.88. The zero-order valence-electron chi connectivity index (χ0n) is 8.99. The number of hydrogen-bond acceptors (Lipinski definition) is 3. The molecule has 1 rings (SSSR count). The maximum absolute atomic E-state index is 10.8. The SMILES string of the molecule is CCCCc1cc(S(=O)(=O)[O-])ccc1C. The van der Waals surface area contributed by atoms with Gasteiger partial charge in [0, 0.05) is 0 Å². The predicted octanol–water partition coefficient (Wildman–Crippen LogP) is 2.24. The largest absolute Gasteiger partial charge is 0.744 e.